The van der Waals surface area contributed by atoms with Crippen LogP contribution < -0.4 is 0 Å². The van der Waals surface area contributed by atoms with Gasteiger partial charge in [0.1, 0.15) is 6.17 Å². The highest BCUT2D eigenvalue weighted by atomic mass is 15.4. The fourth-order valence-electron chi connectivity index (χ4n) is 5.28. The topological polar surface area (TPSA) is 6.48 Å². The number of nitrogens with zero attached hydrogens (tertiary/aromatic N) is 2. The molecule has 0 saturated heterocycles. The van der Waals surface area contributed by atoms with Crippen LogP contribution in [0.15, 0.2) is 73.1 Å². The molecule has 1 aliphatic rings. The highest BCUT2D eigenvalue weighted by Crippen LogP contribution is 2.23. The van der Waals surface area contributed by atoms with Crippen LogP contribution in [0.2, 0.25) is 0 Å². The van der Waals surface area contributed by atoms with Crippen LogP contribution in [0.1, 0.15) is 108 Å². The normalized spacial score (nSPS) is 15.3. The molecule has 3 rings (SSSR count). The van der Waals surface area contributed by atoms with E-state index in [4.69, 9.17) is 0 Å². The van der Waals surface area contributed by atoms with Gasteiger partial charge in [0.25, 0.3) is 0 Å². The Labute approximate surface area is 216 Å². The maximum atomic E-state index is 2.58. The summed E-state index contributed by atoms with van der Waals surface area (Å²) in [5, 5.41) is 0. The Morgan fingerprint density at radius 1 is 0.514 bits per heavy atom. The zero-order valence-corrected chi connectivity index (χ0v) is 22.4. The average molecular weight is 475 g/mol. The summed E-state index contributed by atoms with van der Waals surface area (Å²) in [6, 6.07) is 21.9. The first-order valence-corrected chi connectivity index (χ1v) is 14.6. The van der Waals surface area contributed by atoms with Crippen molar-refractivity contribution in [1.82, 2.24) is 9.80 Å². The van der Waals surface area contributed by atoms with Gasteiger partial charge in [0.2, 0.25) is 0 Å². The van der Waals surface area contributed by atoms with E-state index in [9.17, 15) is 0 Å². The lowest BCUT2D eigenvalue weighted by atomic mass is 10.0. The van der Waals surface area contributed by atoms with Crippen molar-refractivity contribution in [1.29, 1.82) is 0 Å². The molecule has 0 fully saturated rings. The predicted molar refractivity (Wildman–Crippen MR) is 152 cm³/mol. The third-order valence-electron chi connectivity index (χ3n) is 7.45. The van der Waals surface area contributed by atoms with E-state index in [2.05, 4.69) is 89.8 Å². The molecule has 0 radical (unpaired) electrons. The van der Waals surface area contributed by atoms with Crippen molar-refractivity contribution in [3.8, 4) is 0 Å². The van der Waals surface area contributed by atoms with Gasteiger partial charge in [-0.2, -0.15) is 0 Å². The molecule has 1 unspecified atom stereocenters. The van der Waals surface area contributed by atoms with Crippen LogP contribution >= 0.6 is 0 Å². The van der Waals surface area contributed by atoms with E-state index < -0.39 is 0 Å². The Balaban J connectivity index is 1.30. The number of hydrogen-bond acceptors (Lipinski definition) is 2. The van der Waals surface area contributed by atoms with Crippen molar-refractivity contribution in [3.63, 3.8) is 0 Å². The highest BCUT2D eigenvalue weighted by Gasteiger charge is 2.26. The molecule has 0 spiro atoms. The Bertz CT molecular complexity index is 785. The maximum absolute atomic E-state index is 2.58. The van der Waals surface area contributed by atoms with Gasteiger partial charge in [-0.1, -0.05) is 151 Å². The van der Waals surface area contributed by atoms with Gasteiger partial charge in [0, 0.05) is 31.9 Å². The van der Waals surface area contributed by atoms with Crippen molar-refractivity contribution in [2.75, 3.05) is 6.54 Å². The van der Waals surface area contributed by atoms with Crippen LogP contribution in [0.25, 0.3) is 0 Å². The van der Waals surface area contributed by atoms with Gasteiger partial charge in [-0.25, -0.2) is 0 Å². The smallest absolute Gasteiger partial charge is 0.105 e. The van der Waals surface area contributed by atoms with E-state index in [1.807, 2.05) is 0 Å². The van der Waals surface area contributed by atoms with Gasteiger partial charge in [-0.05, 0) is 17.5 Å². The summed E-state index contributed by atoms with van der Waals surface area (Å²) in [6.07, 6.45) is 26.0. The molecule has 2 nitrogen and oxygen atoms in total. The number of benzene rings is 2. The van der Waals surface area contributed by atoms with Crippen LogP contribution in [-0.4, -0.2) is 22.5 Å². The average Bonchev–Trinajstić information content (AvgIpc) is 3.26. The third kappa shape index (κ3) is 10.9. The van der Waals surface area contributed by atoms with E-state index in [-0.39, 0.29) is 0 Å². The van der Waals surface area contributed by atoms with E-state index in [0.717, 1.165) is 19.5 Å². The van der Waals surface area contributed by atoms with E-state index in [1.165, 1.54) is 101 Å². The molecular weight excluding hydrogens is 424 g/mol. The Morgan fingerprint density at radius 3 is 1.51 bits per heavy atom. The summed E-state index contributed by atoms with van der Waals surface area (Å²) in [6.45, 7) is 4.44. The molecule has 0 aromatic heterocycles. The fraction of sp³-hybridized carbons (Fsp3) is 0.576. The lowest BCUT2D eigenvalue weighted by Crippen LogP contribution is -2.40. The van der Waals surface area contributed by atoms with E-state index in [1.54, 1.807) is 0 Å². The van der Waals surface area contributed by atoms with Gasteiger partial charge < -0.3 is 9.80 Å². The van der Waals surface area contributed by atoms with Gasteiger partial charge in [-0.15, -0.1) is 0 Å². The summed E-state index contributed by atoms with van der Waals surface area (Å²) in [5.74, 6) is 0. The minimum absolute atomic E-state index is 0.416. The molecule has 0 amide bonds. The summed E-state index contributed by atoms with van der Waals surface area (Å²) in [4.78, 5) is 5.10. The molecule has 0 aliphatic carbocycles. The van der Waals surface area contributed by atoms with Crippen LogP contribution in [0.4, 0.5) is 0 Å². The molecule has 1 aliphatic heterocycles. The second-order valence-corrected chi connectivity index (χ2v) is 10.5. The molecular formula is C33H50N2. The van der Waals surface area contributed by atoms with Crippen molar-refractivity contribution >= 4 is 0 Å². The third-order valence-corrected chi connectivity index (χ3v) is 7.45. The van der Waals surface area contributed by atoms with Gasteiger partial charge in [-0.3, -0.25) is 0 Å². The van der Waals surface area contributed by atoms with Crippen LogP contribution in [0.5, 0.6) is 0 Å². The lowest BCUT2D eigenvalue weighted by Gasteiger charge is -2.33. The SMILES string of the molecule is CCCCCCCCCCCCCCCCN1C=CN(Cc2ccccc2)C1Cc1ccccc1. The minimum atomic E-state index is 0.416. The molecule has 35 heavy (non-hydrogen) atoms. The van der Waals surface area contributed by atoms with Gasteiger partial charge in [0.05, 0.1) is 0 Å². The second-order valence-electron chi connectivity index (χ2n) is 10.5. The molecule has 2 heteroatoms. The molecule has 0 N–H and O–H groups in total. The summed E-state index contributed by atoms with van der Waals surface area (Å²) in [5.41, 5.74) is 2.80. The Kier molecular flexibility index (Phi) is 13.5. The molecule has 2 aromatic rings. The standard InChI is InChI=1S/C33H50N2/c1-2-3-4-5-6-7-8-9-10-11-12-13-14-21-26-34-27-28-35(30-32-24-19-16-20-25-32)33(34)29-31-22-17-15-18-23-31/h15-20,22-25,27-28,33H,2-14,21,26,29-30H2,1H3. The Morgan fingerprint density at radius 2 is 0.971 bits per heavy atom. The van der Waals surface area contributed by atoms with Crippen molar-refractivity contribution in [3.05, 3.63) is 84.2 Å². The van der Waals surface area contributed by atoms with Gasteiger partial charge >= 0.3 is 0 Å². The number of hydrogen-bond donors (Lipinski definition) is 0. The quantitative estimate of drug-likeness (QED) is 0.187. The summed E-state index contributed by atoms with van der Waals surface area (Å²) in [7, 11) is 0. The monoisotopic (exact) mass is 474 g/mol. The molecule has 2 aromatic carbocycles. The van der Waals surface area contributed by atoms with Crippen molar-refractivity contribution in [2.45, 2.75) is 116 Å². The van der Waals surface area contributed by atoms with Gasteiger partial charge in [0.15, 0.2) is 0 Å². The molecule has 192 valence electrons. The fourth-order valence-corrected chi connectivity index (χ4v) is 5.28. The first-order valence-electron chi connectivity index (χ1n) is 14.6. The van der Waals surface area contributed by atoms with Crippen LogP contribution in [-0.2, 0) is 13.0 Å². The minimum Gasteiger partial charge on any atom is -0.356 e. The number of unbranched alkanes of at least 4 members (excludes halogenated alkanes) is 13. The molecule has 0 bridgehead atoms. The lowest BCUT2D eigenvalue weighted by molar-refractivity contribution is 0.144. The zero-order chi connectivity index (χ0) is 24.4. The number of rotatable bonds is 19. The van der Waals surface area contributed by atoms with Crippen molar-refractivity contribution in [2.24, 2.45) is 0 Å². The van der Waals surface area contributed by atoms with Crippen LogP contribution in [0.3, 0.4) is 0 Å². The first-order chi connectivity index (χ1) is 17.4. The second kappa shape index (κ2) is 17.2. The molecule has 1 heterocycles. The highest BCUT2D eigenvalue weighted by molar-refractivity contribution is 5.19. The molecule has 0 saturated carbocycles. The largest absolute Gasteiger partial charge is 0.356 e. The van der Waals surface area contributed by atoms with E-state index >= 15 is 0 Å². The molecule has 1 atom stereocenters. The maximum Gasteiger partial charge on any atom is 0.105 e. The van der Waals surface area contributed by atoms with Crippen LogP contribution in [0, 0.1) is 0 Å². The van der Waals surface area contributed by atoms with E-state index in [0.29, 0.717) is 6.17 Å². The Hall–Kier alpha value is -2.22. The summed E-state index contributed by atoms with van der Waals surface area (Å²) >= 11 is 0. The summed E-state index contributed by atoms with van der Waals surface area (Å²) < 4.78 is 0. The predicted octanol–water partition coefficient (Wildman–Crippen LogP) is 9.33. The van der Waals surface area contributed by atoms with Crippen molar-refractivity contribution < 1.29 is 0 Å². The zero-order valence-electron chi connectivity index (χ0n) is 22.4. The first kappa shape index (κ1) is 27.4.